The highest BCUT2D eigenvalue weighted by atomic mass is 16.5. The maximum absolute atomic E-state index is 11.7. The van der Waals surface area contributed by atoms with E-state index in [-0.39, 0.29) is 24.2 Å². The number of carboxylic acids is 1. The summed E-state index contributed by atoms with van der Waals surface area (Å²) < 4.78 is 5.09. The van der Waals surface area contributed by atoms with E-state index < -0.39 is 11.4 Å². The van der Waals surface area contributed by atoms with Crippen molar-refractivity contribution in [2.45, 2.75) is 33.6 Å². The molecule has 0 bridgehead atoms. The van der Waals surface area contributed by atoms with E-state index in [2.05, 4.69) is 12.2 Å². The lowest BCUT2D eigenvalue weighted by atomic mass is 9.84. The van der Waals surface area contributed by atoms with Crippen LogP contribution in [0, 0.1) is 10.8 Å². The van der Waals surface area contributed by atoms with Gasteiger partial charge in [0, 0.05) is 18.4 Å². The van der Waals surface area contributed by atoms with Gasteiger partial charge in [0.15, 0.2) is 0 Å². The van der Waals surface area contributed by atoms with Gasteiger partial charge in [0.25, 0.3) is 0 Å². The highest BCUT2D eigenvalue weighted by Gasteiger charge is 2.34. The summed E-state index contributed by atoms with van der Waals surface area (Å²) in [6.07, 6.45) is 0.233. The predicted octanol–water partition coefficient (Wildman–Crippen LogP) is 1.03. The first-order valence-electron chi connectivity index (χ1n) is 5.79. The van der Waals surface area contributed by atoms with Crippen LogP contribution in [0.15, 0.2) is 0 Å². The van der Waals surface area contributed by atoms with Gasteiger partial charge in [0.1, 0.15) is 0 Å². The van der Waals surface area contributed by atoms with Crippen molar-refractivity contribution in [1.29, 1.82) is 0 Å². The fourth-order valence-corrected chi connectivity index (χ4v) is 1.83. The van der Waals surface area contributed by atoms with Crippen LogP contribution in [0.3, 0.4) is 0 Å². The second-order valence-corrected chi connectivity index (χ2v) is 5.99. The molecule has 0 aromatic carbocycles. The Hall–Kier alpha value is -1.10. The molecule has 1 fully saturated rings. The number of amides is 1. The van der Waals surface area contributed by atoms with Crippen molar-refractivity contribution in [2.24, 2.45) is 10.8 Å². The number of hydrogen-bond donors (Lipinski definition) is 2. The quantitative estimate of drug-likeness (QED) is 0.730. The minimum Gasteiger partial charge on any atom is -0.481 e. The number of rotatable bonds is 6. The molecule has 1 saturated heterocycles. The Balaban J connectivity index is 2.30. The molecule has 0 radical (unpaired) electrons. The average Bonchev–Trinajstić information content (AvgIpc) is 2.08. The average molecular weight is 243 g/mol. The van der Waals surface area contributed by atoms with Crippen LogP contribution in [0.4, 0.5) is 0 Å². The Bertz CT molecular complexity index is 308. The summed E-state index contributed by atoms with van der Waals surface area (Å²) in [7, 11) is 0. The van der Waals surface area contributed by atoms with Crippen molar-refractivity contribution in [3.05, 3.63) is 0 Å². The van der Waals surface area contributed by atoms with Crippen LogP contribution in [0.2, 0.25) is 0 Å². The molecule has 0 saturated carbocycles. The van der Waals surface area contributed by atoms with Crippen LogP contribution >= 0.6 is 0 Å². The lowest BCUT2D eigenvalue weighted by molar-refractivity contribution is -0.140. The normalized spacial score (nSPS) is 18.3. The molecule has 2 N–H and O–H groups in total. The second kappa shape index (κ2) is 5.04. The third-order valence-corrected chi connectivity index (χ3v) is 2.88. The van der Waals surface area contributed by atoms with E-state index in [0.29, 0.717) is 19.8 Å². The van der Waals surface area contributed by atoms with Crippen molar-refractivity contribution in [3.63, 3.8) is 0 Å². The fourth-order valence-electron chi connectivity index (χ4n) is 1.83. The van der Waals surface area contributed by atoms with E-state index in [1.54, 1.807) is 13.8 Å². The molecule has 1 heterocycles. The highest BCUT2D eigenvalue weighted by molar-refractivity contribution is 5.77. The van der Waals surface area contributed by atoms with Gasteiger partial charge in [-0.05, 0) is 5.41 Å². The standard InChI is InChI=1S/C12H21NO4/c1-11(2,5-10(15)16)4-9(14)13-6-12(3)7-17-8-12/h4-8H2,1-3H3,(H,13,14)(H,15,16). The van der Waals surface area contributed by atoms with Crippen LogP contribution in [0.1, 0.15) is 33.6 Å². The van der Waals surface area contributed by atoms with Crippen LogP contribution in [0.5, 0.6) is 0 Å². The topological polar surface area (TPSA) is 75.6 Å². The summed E-state index contributed by atoms with van der Waals surface area (Å²) in [6.45, 7) is 7.56. The van der Waals surface area contributed by atoms with Crippen molar-refractivity contribution in [2.75, 3.05) is 19.8 Å². The van der Waals surface area contributed by atoms with Crippen LogP contribution in [-0.2, 0) is 14.3 Å². The Kier molecular flexibility index (Phi) is 4.14. The first-order valence-corrected chi connectivity index (χ1v) is 5.79. The smallest absolute Gasteiger partial charge is 0.303 e. The van der Waals surface area contributed by atoms with Gasteiger partial charge in [-0.15, -0.1) is 0 Å². The number of aliphatic carboxylic acids is 1. The van der Waals surface area contributed by atoms with E-state index in [9.17, 15) is 9.59 Å². The van der Waals surface area contributed by atoms with Crippen molar-refractivity contribution in [1.82, 2.24) is 5.32 Å². The van der Waals surface area contributed by atoms with Crippen LogP contribution in [0.25, 0.3) is 0 Å². The third-order valence-electron chi connectivity index (χ3n) is 2.88. The second-order valence-electron chi connectivity index (χ2n) is 5.99. The molecule has 5 heteroatoms. The molecule has 0 unspecified atom stereocenters. The molecule has 1 amide bonds. The van der Waals surface area contributed by atoms with E-state index in [1.807, 2.05) is 0 Å². The summed E-state index contributed by atoms with van der Waals surface area (Å²) >= 11 is 0. The summed E-state index contributed by atoms with van der Waals surface area (Å²) in [4.78, 5) is 22.3. The number of carboxylic acid groups (broad SMARTS) is 1. The fraction of sp³-hybridized carbons (Fsp3) is 0.833. The Morgan fingerprint density at radius 1 is 1.35 bits per heavy atom. The largest absolute Gasteiger partial charge is 0.481 e. The Labute approximate surface area is 102 Å². The maximum atomic E-state index is 11.7. The molecule has 0 aliphatic carbocycles. The molecule has 0 spiro atoms. The third kappa shape index (κ3) is 4.73. The lowest BCUT2D eigenvalue weighted by Crippen LogP contribution is -2.49. The number of ether oxygens (including phenoxy) is 1. The molecule has 5 nitrogen and oxygen atoms in total. The molecule has 0 aromatic heterocycles. The summed E-state index contributed by atoms with van der Waals surface area (Å²) in [5.41, 5.74) is -0.459. The van der Waals surface area contributed by atoms with E-state index in [0.717, 1.165) is 0 Å². The molecule has 0 aromatic rings. The van der Waals surface area contributed by atoms with Crippen molar-refractivity contribution < 1.29 is 19.4 Å². The summed E-state index contributed by atoms with van der Waals surface area (Å²) in [5, 5.41) is 11.6. The SMILES string of the molecule is CC(C)(CC(=O)O)CC(=O)NCC1(C)COC1. The minimum absolute atomic E-state index is 0.000793. The van der Waals surface area contributed by atoms with Crippen molar-refractivity contribution in [3.8, 4) is 0 Å². The van der Waals surface area contributed by atoms with Crippen LogP contribution in [-0.4, -0.2) is 36.7 Å². The van der Waals surface area contributed by atoms with Crippen molar-refractivity contribution >= 4 is 11.9 Å². The monoisotopic (exact) mass is 243 g/mol. The molecule has 17 heavy (non-hydrogen) atoms. The number of nitrogens with one attached hydrogen (secondary N) is 1. The van der Waals surface area contributed by atoms with Gasteiger partial charge >= 0.3 is 5.97 Å². The van der Waals surface area contributed by atoms with Gasteiger partial charge < -0.3 is 15.2 Å². The zero-order valence-corrected chi connectivity index (χ0v) is 10.7. The lowest BCUT2D eigenvalue weighted by Gasteiger charge is -2.38. The number of carbonyl (C=O) groups is 2. The maximum Gasteiger partial charge on any atom is 0.303 e. The predicted molar refractivity (Wildman–Crippen MR) is 62.6 cm³/mol. The van der Waals surface area contributed by atoms with Gasteiger partial charge in [-0.25, -0.2) is 0 Å². The molecule has 98 valence electrons. The van der Waals surface area contributed by atoms with Gasteiger partial charge in [0.05, 0.1) is 19.6 Å². The Morgan fingerprint density at radius 3 is 2.35 bits per heavy atom. The van der Waals surface area contributed by atoms with Gasteiger partial charge in [-0.3, -0.25) is 9.59 Å². The number of carbonyl (C=O) groups excluding carboxylic acids is 1. The summed E-state index contributed by atoms with van der Waals surface area (Å²) in [5.74, 6) is -0.966. The molecule has 1 aliphatic rings. The zero-order valence-electron chi connectivity index (χ0n) is 10.7. The van der Waals surface area contributed by atoms with Crippen LogP contribution < -0.4 is 5.32 Å². The van der Waals surface area contributed by atoms with Gasteiger partial charge in [-0.1, -0.05) is 20.8 Å². The molecule has 1 rings (SSSR count). The highest BCUT2D eigenvalue weighted by Crippen LogP contribution is 2.27. The summed E-state index contributed by atoms with van der Waals surface area (Å²) in [6, 6.07) is 0. The first kappa shape index (κ1) is 14.0. The minimum atomic E-state index is -0.873. The first-order chi connectivity index (χ1) is 7.72. The zero-order chi connectivity index (χ0) is 13.1. The van der Waals surface area contributed by atoms with Gasteiger partial charge in [-0.2, -0.15) is 0 Å². The van der Waals surface area contributed by atoms with E-state index >= 15 is 0 Å². The van der Waals surface area contributed by atoms with E-state index in [1.165, 1.54) is 0 Å². The molecular formula is C12H21NO4. The van der Waals surface area contributed by atoms with Gasteiger partial charge in [0.2, 0.25) is 5.91 Å². The number of hydrogen-bond acceptors (Lipinski definition) is 3. The van der Waals surface area contributed by atoms with E-state index in [4.69, 9.17) is 9.84 Å². The molecule has 1 aliphatic heterocycles. The molecule has 0 atom stereocenters. The molecular weight excluding hydrogens is 222 g/mol. The Morgan fingerprint density at radius 2 is 1.94 bits per heavy atom.